The number of halogens is 1. The van der Waals surface area contributed by atoms with Gasteiger partial charge in [-0.05, 0) is 87.7 Å². The molecule has 1 amide bonds. The van der Waals surface area contributed by atoms with E-state index in [-0.39, 0.29) is 17.3 Å². The SMILES string of the molecule is CC(C)(C)OCc1ccc(-c2ccc(NC(=O)C(C)(C)Oc3ccc(F)cc3)cc2)cc1. The first kappa shape index (κ1) is 23.5. The molecule has 1 N–H and O–H groups in total. The lowest BCUT2D eigenvalue weighted by atomic mass is 10.0. The minimum absolute atomic E-state index is 0.169. The predicted molar refractivity (Wildman–Crippen MR) is 126 cm³/mol. The molecule has 0 aromatic heterocycles. The molecule has 3 rings (SSSR count). The van der Waals surface area contributed by atoms with Crippen LogP contribution in [0.3, 0.4) is 0 Å². The summed E-state index contributed by atoms with van der Waals surface area (Å²) in [6, 6.07) is 21.5. The van der Waals surface area contributed by atoms with Crippen LogP contribution in [0.1, 0.15) is 40.2 Å². The van der Waals surface area contributed by atoms with Crippen molar-refractivity contribution in [2.45, 2.75) is 52.4 Å². The lowest BCUT2D eigenvalue weighted by Gasteiger charge is -2.25. The molecule has 0 radical (unpaired) electrons. The average Bonchev–Trinajstić information content (AvgIpc) is 2.74. The zero-order valence-corrected chi connectivity index (χ0v) is 19.2. The molecule has 0 bridgehead atoms. The maximum Gasteiger partial charge on any atom is 0.267 e. The van der Waals surface area contributed by atoms with Crippen LogP contribution in [0.5, 0.6) is 5.75 Å². The lowest BCUT2D eigenvalue weighted by Crippen LogP contribution is -2.42. The second-order valence-electron chi connectivity index (χ2n) is 9.20. The molecule has 0 aliphatic carbocycles. The molecule has 4 nitrogen and oxygen atoms in total. The fraction of sp³-hybridized carbons (Fsp3) is 0.296. The molecular weight excluding hydrogens is 405 g/mol. The van der Waals surface area contributed by atoms with E-state index in [1.807, 2.05) is 45.0 Å². The highest BCUT2D eigenvalue weighted by Gasteiger charge is 2.30. The molecule has 5 heteroatoms. The second-order valence-corrected chi connectivity index (χ2v) is 9.20. The van der Waals surface area contributed by atoms with E-state index in [2.05, 4.69) is 29.6 Å². The molecule has 0 aliphatic rings. The Morgan fingerprint density at radius 1 is 0.812 bits per heavy atom. The van der Waals surface area contributed by atoms with Gasteiger partial charge in [-0.1, -0.05) is 36.4 Å². The van der Waals surface area contributed by atoms with E-state index in [0.717, 1.165) is 16.7 Å². The zero-order valence-electron chi connectivity index (χ0n) is 19.2. The van der Waals surface area contributed by atoms with Gasteiger partial charge in [0, 0.05) is 5.69 Å². The third kappa shape index (κ3) is 6.66. The fourth-order valence-corrected chi connectivity index (χ4v) is 2.96. The topological polar surface area (TPSA) is 47.6 Å². The van der Waals surface area contributed by atoms with E-state index >= 15 is 0 Å². The molecule has 3 aromatic rings. The van der Waals surface area contributed by atoms with Crippen LogP contribution < -0.4 is 10.1 Å². The Kier molecular flexibility index (Phi) is 6.99. The van der Waals surface area contributed by atoms with Crippen molar-refractivity contribution in [2.24, 2.45) is 0 Å². The van der Waals surface area contributed by atoms with Crippen molar-refractivity contribution in [1.29, 1.82) is 0 Å². The van der Waals surface area contributed by atoms with Crippen LogP contribution in [-0.4, -0.2) is 17.1 Å². The maximum absolute atomic E-state index is 13.1. The summed E-state index contributed by atoms with van der Waals surface area (Å²) in [5.41, 5.74) is 2.63. The number of carbonyl (C=O) groups excluding carboxylic acids is 1. The van der Waals surface area contributed by atoms with Crippen LogP contribution in [0, 0.1) is 5.82 Å². The molecule has 0 spiro atoms. The van der Waals surface area contributed by atoms with E-state index in [1.165, 1.54) is 24.3 Å². The van der Waals surface area contributed by atoms with Crippen molar-refractivity contribution < 1.29 is 18.7 Å². The highest BCUT2D eigenvalue weighted by atomic mass is 19.1. The summed E-state index contributed by atoms with van der Waals surface area (Å²) in [6.45, 7) is 10.0. The molecule has 0 atom stereocenters. The molecule has 0 fully saturated rings. The minimum atomic E-state index is -1.12. The number of amides is 1. The smallest absolute Gasteiger partial charge is 0.267 e. The number of hydrogen-bond donors (Lipinski definition) is 1. The number of nitrogens with one attached hydrogen (secondary N) is 1. The summed E-state index contributed by atoms with van der Waals surface area (Å²) < 4.78 is 24.6. The zero-order chi connectivity index (χ0) is 23.4. The molecule has 3 aromatic carbocycles. The Morgan fingerprint density at radius 2 is 1.34 bits per heavy atom. The maximum atomic E-state index is 13.1. The van der Waals surface area contributed by atoms with Gasteiger partial charge in [0.05, 0.1) is 12.2 Å². The minimum Gasteiger partial charge on any atom is -0.478 e. The Hall–Kier alpha value is -3.18. The summed E-state index contributed by atoms with van der Waals surface area (Å²) in [4.78, 5) is 12.7. The quantitative estimate of drug-likeness (QED) is 0.455. The van der Waals surface area contributed by atoms with Crippen LogP contribution in [0.25, 0.3) is 11.1 Å². The number of benzene rings is 3. The summed E-state index contributed by atoms with van der Waals surface area (Å²) in [6.07, 6.45) is 0. The Morgan fingerprint density at radius 3 is 1.88 bits per heavy atom. The Labute approximate surface area is 189 Å². The van der Waals surface area contributed by atoms with Gasteiger partial charge in [0.2, 0.25) is 0 Å². The monoisotopic (exact) mass is 435 g/mol. The molecule has 168 valence electrons. The van der Waals surface area contributed by atoms with E-state index in [4.69, 9.17) is 9.47 Å². The molecule has 0 heterocycles. The van der Waals surface area contributed by atoms with Gasteiger partial charge in [0.25, 0.3) is 5.91 Å². The lowest BCUT2D eigenvalue weighted by molar-refractivity contribution is -0.128. The van der Waals surface area contributed by atoms with Crippen molar-refractivity contribution >= 4 is 11.6 Å². The fourth-order valence-electron chi connectivity index (χ4n) is 2.96. The van der Waals surface area contributed by atoms with Gasteiger partial charge in [0.1, 0.15) is 11.6 Å². The van der Waals surface area contributed by atoms with Crippen LogP contribution in [0.2, 0.25) is 0 Å². The first-order valence-corrected chi connectivity index (χ1v) is 10.6. The van der Waals surface area contributed by atoms with E-state index < -0.39 is 5.60 Å². The summed E-state index contributed by atoms with van der Waals surface area (Å²) in [7, 11) is 0. The average molecular weight is 436 g/mol. The highest BCUT2D eigenvalue weighted by Crippen LogP contribution is 2.24. The third-order valence-corrected chi connectivity index (χ3v) is 4.84. The highest BCUT2D eigenvalue weighted by molar-refractivity contribution is 5.97. The van der Waals surface area contributed by atoms with Gasteiger partial charge in [0.15, 0.2) is 5.60 Å². The number of anilines is 1. The molecule has 0 saturated carbocycles. The van der Waals surface area contributed by atoms with Crippen molar-refractivity contribution in [2.75, 3.05) is 5.32 Å². The van der Waals surface area contributed by atoms with Gasteiger partial charge in [-0.25, -0.2) is 4.39 Å². The molecule has 32 heavy (non-hydrogen) atoms. The van der Waals surface area contributed by atoms with Crippen LogP contribution >= 0.6 is 0 Å². The summed E-state index contributed by atoms with van der Waals surface area (Å²) >= 11 is 0. The number of ether oxygens (including phenoxy) is 2. The Balaban J connectivity index is 1.61. The number of hydrogen-bond acceptors (Lipinski definition) is 3. The van der Waals surface area contributed by atoms with Crippen LogP contribution in [0.4, 0.5) is 10.1 Å². The van der Waals surface area contributed by atoms with E-state index in [1.54, 1.807) is 13.8 Å². The van der Waals surface area contributed by atoms with Crippen LogP contribution in [0.15, 0.2) is 72.8 Å². The largest absolute Gasteiger partial charge is 0.478 e. The second kappa shape index (κ2) is 9.53. The van der Waals surface area contributed by atoms with Crippen molar-refractivity contribution in [3.05, 3.63) is 84.2 Å². The summed E-state index contributed by atoms with van der Waals surface area (Å²) in [5, 5.41) is 2.88. The summed E-state index contributed by atoms with van der Waals surface area (Å²) in [5.74, 6) is -0.219. The van der Waals surface area contributed by atoms with Gasteiger partial charge in [-0.15, -0.1) is 0 Å². The molecule has 0 saturated heterocycles. The van der Waals surface area contributed by atoms with Gasteiger partial charge < -0.3 is 14.8 Å². The normalized spacial score (nSPS) is 11.8. The van der Waals surface area contributed by atoms with Crippen molar-refractivity contribution in [3.63, 3.8) is 0 Å². The van der Waals surface area contributed by atoms with Gasteiger partial charge in [-0.2, -0.15) is 0 Å². The molecular formula is C27H30FNO3. The van der Waals surface area contributed by atoms with Gasteiger partial charge >= 0.3 is 0 Å². The molecule has 0 aliphatic heterocycles. The number of carbonyl (C=O) groups is 1. The van der Waals surface area contributed by atoms with E-state index in [9.17, 15) is 9.18 Å². The van der Waals surface area contributed by atoms with Crippen LogP contribution in [-0.2, 0) is 16.1 Å². The van der Waals surface area contributed by atoms with Gasteiger partial charge in [-0.3, -0.25) is 4.79 Å². The first-order chi connectivity index (χ1) is 15.0. The first-order valence-electron chi connectivity index (χ1n) is 10.6. The van der Waals surface area contributed by atoms with Crippen molar-refractivity contribution in [3.8, 4) is 16.9 Å². The third-order valence-electron chi connectivity index (χ3n) is 4.84. The standard InChI is InChI=1S/C27H30FNO3/c1-26(2,3)31-18-19-6-8-20(9-7-19)21-10-14-23(15-11-21)29-25(30)27(4,5)32-24-16-12-22(28)13-17-24/h6-17H,18H2,1-5H3,(H,29,30). The molecule has 0 unspecified atom stereocenters. The van der Waals surface area contributed by atoms with Crippen molar-refractivity contribution in [1.82, 2.24) is 0 Å². The van der Waals surface area contributed by atoms with E-state index in [0.29, 0.717) is 18.0 Å². The Bertz CT molecular complexity index is 1030. The predicted octanol–water partition coefficient (Wildman–Crippen LogP) is 6.60. The number of rotatable bonds is 7.